The van der Waals surface area contributed by atoms with Crippen molar-refractivity contribution < 1.29 is 0 Å². The second-order valence-electron chi connectivity index (χ2n) is 12.3. The van der Waals surface area contributed by atoms with Gasteiger partial charge in [0.1, 0.15) is 0 Å². The van der Waals surface area contributed by atoms with E-state index in [1.165, 1.54) is 21.5 Å². The highest BCUT2D eigenvalue weighted by molar-refractivity contribution is 8.26. The van der Waals surface area contributed by atoms with E-state index < -0.39 is 6.04 Å². The quantitative estimate of drug-likeness (QED) is 0.165. The molecular weight excluding hydrogens is 622 g/mol. The molecule has 3 heterocycles. The summed E-state index contributed by atoms with van der Waals surface area (Å²) in [7, 11) is 0. The van der Waals surface area contributed by atoms with Crippen LogP contribution in [0.3, 0.4) is 0 Å². The zero-order valence-electron chi connectivity index (χ0n) is 26.6. The largest absolute Gasteiger partial charge is 0.308 e. The lowest BCUT2D eigenvalue weighted by molar-refractivity contribution is 1.22. The van der Waals surface area contributed by atoms with E-state index in [0.717, 1.165) is 67.9 Å². The lowest BCUT2D eigenvalue weighted by atomic mass is 10.0. The minimum Gasteiger partial charge on any atom is -0.308 e. The first-order valence-electron chi connectivity index (χ1n) is 16.1. The van der Waals surface area contributed by atoms with Crippen LogP contribution in [0.4, 0.5) is 51.2 Å². The molecule has 0 saturated heterocycles. The second kappa shape index (κ2) is 10.6. The van der Waals surface area contributed by atoms with Crippen molar-refractivity contribution in [2.45, 2.75) is 6.92 Å². The van der Waals surface area contributed by atoms with Gasteiger partial charge >= 0.3 is 0 Å². The van der Waals surface area contributed by atoms with Crippen LogP contribution in [0.1, 0.15) is 22.3 Å². The van der Waals surface area contributed by atoms with Crippen LogP contribution in [-0.4, -0.2) is 0 Å². The first-order chi connectivity index (χ1) is 23.5. The molecule has 0 bridgehead atoms. The van der Waals surface area contributed by atoms with Crippen LogP contribution in [0, 0.1) is 6.92 Å². The Morgan fingerprint density at radius 2 is 0.771 bits per heavy atom. The molecule has 5 heteroatoms. The van der Waals surface area contributed by atoms with Gasteiger partial charge in [0.25, 0.3) is 0 Å². The summed E-state index contributed by atoms with van der Waals surface area (Å²) in [6.45, 7) is 14.8. The maximum absolute atomic E-state index is 7.28. The van der Waals surface area contributed by atoms with Crippen molar-refractivity contribution in [3.05, 3.63) is 163 Å². The minimum absolute atomic E-state index is 1.06. The minimum atomic E-state index is -2.61. The predicted octanol–water partition coefficient (Wildman–Crippen LogP) is 11.0. The maximum Gasteiger partial charge on any atom is 0.0574 e. The molecule has 3 nitrogen and oxygen atoms in total. The van der Waals surface area contributed by atoms with Crippen molar-refractivity contribution >= 4 is 103 Å². The Labute approximate surface area is 287 Å². The molecule has 0 radical (unpaired) electrons. The van der Waals surface area contributed by atoms with Crippen LogP contribution < -0.4 is 30.6 Å². The van der Waals surface area contributed by atoms with Crippen LogP contribution in [0.5, 0.6) is 0 Å². The van der Waals surface area contributed by atoms with E-state index in [1.807, 2.05) is 18.2 Å². The summed E-state index contributed by atoms with van der Waals surface area (Å²) in [5.41, 5.74) is 14.4. The molecule has 0 amide bonds. The number of anilines is 9. The van der Waals surface area contributed by atoms with Gasteiger partial charge in [-0.1, -0.05) is 117 Å². The molecule has 3 aliphatic rings. The summed E-state index contributed by atoms with van der Waals surface area (Å²) in [6.07, 6.45) is 5.87. The summed E-state index contributed by atoms with van der Waals surface area (Å²) >= 11 is 7.28. The van der Waals surface area contributed by atoms with E-state index >= 15 is 0 Å². The number of benzene rings is 6. The summed E-state index contributed by atoms with van der Waals surface area (Å²) in [4.78, 5) is 7.26. The molecule has 0 aliphatic carbocycles. The van der Waals surface area contributed by atoms with Crippen molar-refractivity contribution in [1.29, 1.82) is 0 Å². The second-order valence-corrected chi connectivity index (χ2v) is 16.5. The van der Waals surface area contributed by atoms with Gasteiger partial charge in [-0.15, -0.1) is 0 Å². The lowest BCUT2D eigenvalue weighted by Gasteiger charge is -2.52. The van der Waals surface area contributed by atoms with Crippen molar-refractivity contribution in [3.8, 4) is 0 Å². The van der Waals surface area contributed by atoms with Crippen LogP contribution in [-0.2, 0) is 11.8 Å². The van der Waals surface area contributed by atoms with Crippen molar-refractivity contribution in [2.24, 2.45) is 0 Å². The van der Waals surface area contributed by atoms with Crippen LogP contribution in [0.25, 0.3) is 18.2 Å². The third kappa shape index (κ3) is 3.62. The Morgan fingerprint density at radius 1 is 0.438 bits per heavy atom. The first-order valence-corrected chi connectivity index (χ1v) is 18.9. The Bertz CT molecular complexity index is 2310. The number of rotatable bonds is 6. The fraction of sp³-hybridized carbons (Fsp3) is 0.0233. The molecule has 0 fully saturated rings. The summed E-state index contributed by atoms with van der Waals surface area (Å²) in [5, 5.41) is 3.64. The normalized spacial score (nSPS) is 14.3. The lowest BCUT2D eigenvalue weighted by Crippen LogP contribution is -2.47. The molecule has 0 N–H and O–H groups in total. The molecule has 3 aliphatic heterocycles. The standard InChI is InChI=1S/C43H32N3PS/c1-5-29-17-8-10-19-32(29)44-35-22-13-23-36-41(35)47(48)42-37(44)24-14-26-39(42)46(34-21-12-16-28(4)31(34)7-3)40-27-15-25-38(43(40)47)45(36)33-20-11-9-18-30(33)6-2/h5-27H,1-3H2,4H3. The average Bonchev–Trinajstić information content (AvgIpc) is 3.12. The fourth-order valence-corrected chi connectivity index (χ4v) is 13.3. The number of aryl methyl sites for hydroxylation is 1. The molecule has 0 saturated carbocycles. The maximum atomic E-state index is 7.28. The van der Waals surface area contributed by atoms with Crippen LogP contribution >= 0.6 is 6.04 Å². The average molecular weight is 654 g/mol. The van der Waals surface area contributed by atoms with E-state index in [-0.39, 0.29) is 0 Å². The van der Waals surface area contributed by atoms with Gasteiger partial charge in [-0.3, -0.25) is 0 Å². The molecular formula is C43H32N3PS. The monoisotopic (exact) mass is 653 g/mol. The van der Waals surface area contributed by atoms with Gasteiger partial charge in [-0.25, -0.2) is 0 Å². The number of hydrogen-bond donors (Lipinski definition) is 0. The van der Waals surface area contributed by atoms with Gasteiger partial charge in [-0.05, 0) is 78.2 Å². The fourth-order valence-electron chi connectivity index (χ4n) is 7.97. The summed E-state index contributed by atoms with van der Waals surface area (Å²) in [6, 6.07) is 40.9. The van der Waals surface area contributed by atoms with Gasteiger partial charge in [-0.2, -0.15) is 0 Å². The van der Waals surface area contributed by atoms with Gasteiger partial charge < -0.3 is 14.7 Å². The van der Waals surface area contributed by atoms with Gasteiger partial charge in [0.05, 0.1) is 57.2 Å². The SMILES string of the molecule is C=Cc1ccccc1N1c2cccc3c2P2(=S)c4c1cccc4N(c1cccc(C)c1C=C)c1cccc(c12)N3c1ccccc1C=C. The molecule has 0 spiro atoms. The molecule has 0 unspecified atom stereocenters. The number of hydrogen-bond acceptors (Lipinski definition) is 4. The van der Waals surface area contributed by atoms with E-state index in [2.05, 4.69) is 163 Å². The highest BCUT2D eigenvalue weighted by atomic mass is 32.4. The highest BCUT2D eigenvalue weighted by Gasteiger charge is 2.51. The zero-order chi connectivity index (χ0) is 32.7. The Hall–Kier alpha value is -5.41. The van der Waals surface area contributed by atoms with Crippen molar-refractivity contribution in [2.75, 3.05) is 14.7 Å². The summed E-state index contributed by atoms with van der Waals surface area (Å²) in [5.74, 6) is 0. The molecule has 230 valence electrons. The third-order valence-electron chi connectivity index (χ3n) is 9.91. The summed E-state index contributed by atoms with van der Waals surface area (Å²) < 4.78 is 0. The van der Waals surface area contributed by atoms with Crippen molar-refractivity contribution in [1.82, 2.24) is 0 Å². The molecule has 6 aromatic carbocycles. The highest BCUT2D eigenvalue weighted by Crippen LogP contribution is 2.67. The van der Waals surface area contributed by atoms with Crippen molar-refractivity contribution in [3.63, 3.8) is 0 Å². The molecule has 0 atom stereocenters. The Kier molecular flexibility index (Phi) is 6.33. The molecule has 0 aromatic heterocycles. The van der Waals surface area contributed by atoms with Crippen LogP contribution in [0.2, 0.25) is 0 Å². The van der Waals surface area contributed by atoms with E-state index in [0.29, 0.717) is 0 Å². The first kappa shape index (κ1) is 28.8. The number of para-hydroxylation sites is 2. The van der Waals surface area contributed by atoms with E-state index in [4.69, 9.17) is 11.8 Å². The van der Waals surface area contributed by atoms with Gasteiger partial charge in [0, 0.05) is 21.5 Å². The zero-order valence-corrected chi connectivity index (χ0v) is 28.3. The van der Waals surface area contributed by atoms with Gasteiger partial charge in [0.15, 0.2) is 0 Å². The topological polar surface area (TPSA) is 9.72 Å². The smallest absolute Gasteiger partial charge is 0.0574 e. The van der Waals surface area contributed by atoms with Crippen LogP contribution in [0.15, 0.2) is 141 Å². The molecule has 9 rings (SSSR count). The predicted molar refractivity (Wildman–Crippen MR) is 212 cm³/mol. The van der Waals surface area contributed by atoms with Gasteiger partial charge in [0.2, 0.25) is 0 Å². The number of nitrogens with zero attached hydrogens (tertiary/aromatic N) is 3. The van der Waals surface area contributed by atoms with E-state index in [9.17, 15) is 0 Å². The molecule has 6 aromatic rings. The van der Waals surface area contributed by atoms with E-state index in [1.54, 1.807) is 0 Å². The third-order valence-corrected chi connectivity index (χ3v) is 14.8. The molecule has 48 heavy (non-hydrogen) atoms. The Balaban J connectivity index is 1.49. The Morgan fingerprint density at radius 3 is 1.17 bits per heavy atom.